The SMILES string of the molecule is CCC(C)OCCOc1cccc(Br)c1. The topological polar surface area (TPSA) is 18.5 Å². The Kier molecular flexibility index (Phi) is 5.73. The molecule has 0 saturated carbocycles. The average Bonchev–Trinajstić information content (AvgIpc) is 2.24. The van der Waals surface area contributed by atoms with Crippen LogP contribution in [0.15, 0.2) is 28.7 Å². The highest BCUT2D eigenvalue weighted by molar-refractivity contribution is 9.10. The van der Waals surface area contributed by atoms with Crippen molar-refractivity contribution in [2.45, 2.75) is 26.4 Å². The van der Waals surface area contributed by atoms with Crippen LogP contribution in [-0.2, 0) is 4.74 Å². The molecule has 0 N–H and O–H groups in total. The van der Waals surface area contributed by atoms with Crippen LogP contribution in [0, 0.1) is 0 Å². The van der Waals surface area contributed by atoms with E-state index in [1.54, 1.807) is 0 Å². The van der Waals surface area contributed by atoms with Gasteiger partial charge < -0.3 is 9.47 Å². The summed E-state index contributed by atoms with van der Waals surface area (Å²) in [7, 11) is 0. The maximum atomic E-state index is 5.53. The predicted octanol–water partition coefficient (Wildman–Crippen LogP) is 3.64. The number of ether oxygens (including phenoxy) is 2. The number of hydrogen-bond donors (Lipinski definition) is 0. The van der Waals surface area contributed by atoms with Gasteiger partial charge in [-0.1, -0.05) is 28.9 Å². The van der Waals surface area contributed by atoms with Gasteiger partial charge in [0, 0.05) is 4.47 Å². The number of rotatable bonds is 6. The Labute approximate surface area is 99.7 Å². The molecule has 0 amide bonds. The minimum Gasteiger partial charge on any atom is -0.491 e. The molecule has 0 radical (unpaired) electrons. The third-order valence-corrected chi connectivity index (χ3v) is 2.62. The van der Waals surface area contributed by atoms with E-state index in [9.17, 15) is 0 Å². The zero-order valence-electron chi connectivity index (χ0n) is 9.20. The van der Waals surface area contributed by atoms with Gasteiger partial charge in [-0.15, -0.1) is 0 Å². The fraction of sp³-hybridized carbons (Fsp3) is 0.500. The van der Waals surface area contributed by atoms with Gasteiger partial charge >= 0.3 is 0 Å². The molecule has 84 valence electrons. The van der Waals surface area contributed by atoms with Crippen LogP contribution in [0.4, 0.5) is 0 Å². The number of halogens is 1. The van der Waals surface area contributed by atoms with E-state index in [1.165, 1.54) is 0 Å². The van der Waals surface area contributed by atoms with Crippen LogP contribution in [-0.4, -0.2) is 19.3 Å². The van der Waals surface area contributed by atoms with Crippen molar-refractivity contribution in [3.63, 3.8) is 0 Å². The van der Waals surface area contributed by atoms with E-state index < -0.39 is 0 Å². The van der Waals surface area contributed by atoms with Gasteiger partial charge in [0.2, 0.25) is 0 Å². The van der Waals surface area contributed by atoms with Crippen molar-refractivity contribution in [2.75, 3.05) is 13.2 Å². The molecule has 0 aliphatic heterocycles. The zero-order valence-corrected chi connectivity index (χ0v) is 10.8. The van der Waals surface area contributed by atoms with Gasteiger partial charge in [0.25, 0.3) is 0 Å². The predicted molar refractivity (Wildman–Crippen MR) is 65.3 cm³/mol. The van der Waals surface area contributed by atoms with Crippen LogP contribution in [0.2, 0.25) is 0 Å². The molecule has 1 rings (SSSR count). The van der Waals surface area contributed by atoms with E-state index in [0.717, 1.165) is 16.6 Å². The zero-order chi connectivity index (χ0) is 11.1. The molecule has 1 aromatic carbocycles. The molecule has 15 heavy (non-hydrogen) atoms. The first-order valence-electron chi connectivity index (χ1n) is 5.22. The fourth-order valence-corrected chi connectivity index (χ4v) is 1.46. The van der Waals surface area contributed by atoms with Gasteiger partial charge in [-0.25, -0.2) is 0 Å². The van der Waals surface area contributed by atoms with Crippen molar-refractivity contribution in [3.05, 3.63) is 28.7 Å². The van der Waals surface area contributed by atoms with Crippen LogP contribution in [0.1, 0.15) is 20.3 Å². The van der Waals surface area contributed by atoms with Crippen LogP contribution in [0.25, 0.3) is 0 Å². The van der Waals surface area contributed by atoms with E-state index in [0.29, 0.717) is 19.3 Å². The second kappa shape index (κ2) is 6.85. The molecule has 3 heteroatoms. The van der Waals surface area contributed by atoms with Gasteiger partial charge in [0.15, 0.2) is 0 Å². The Morgan fingerprint density at radius 3 is 2.80 bits per heavy atom. The van der Waals surface area contributed by atoms with E-state index in [-0.39, 0.29) is 0 Å². The molecule has 0 aliphatic carbocycles. The largest absolute Gasteiger partial charge is 0.491 e. The van der Waals surface area contributed by atoms with Gasteiger partial charge in [0.05, 0.1) is 12.7 Å². The van der Waals surface area contributed by atoms with E-state index in [4.69, 9.17) is 9.47 Å². The highest BCUT2D eigenvalue weighted by Gasteiger charge is 1.98. The van der Waals surface area contributed by atoms with Crippen molar-refractivity contribution in [3.8, 4) is 5.75 Å². The Hall–Kier alpha value is -0.540. The van der Waals surface area contributed by atoms with Crippen LogP contribution < -0.4 is 4.74 Å². The summed E-state index contributed by atoms with van der Waals surface area (Å²) in [5.41, 5.74) is 0. The van der Waals surface area contributed by atoms with E-state index >= 15 is 0 Å². The first-order valence-corrected chi connectivity index (χ1v) is 6.01. The van der Waals surface area contributed by atoms with Crippen molar-refractivity contribution in [1.82, 2.24) is 0 Å². The van der Waals surface area contributed by atoms with Gasteiger partial charge in [-0.2, -0.15) is 0 Å². The molecular formula is C12H17BrO2. The lowest BCUT2D eigenvalue weighted by Gasteiger charge is -2.11. The monoisotopic (exact) mass is 272 g/mol. The lowest BCUT2D eigenvalue weighted by Crippen LogP contribution is -2.13. The summed E-state index contributed by atoms with van der Waals surface area (Å²) in [4.78, 5) is 0. The molecule has 0 aromatic heterocycles. The summed E-state index contributed by atoms with van der Waals surface area (Å²) in [6.45, 7) is 5.42. The molecule has 0 saturated heterocycles. The van der Waals surface area contributed by atoms with Crippen LogP contribution >= 0.6 is 15.9 Å². The smallest absolute Gasteiger partial charge is 0.120 e. The summed E-state index contributed by atoms with van der Waals surface area (Å²) in [5, 5.41) is 0. The van der Waals surface area contributed by atoms with E-state index in [1.807, 2.05) is 24.3 Å². The highest BCUT2D eigenvalue weighted by Crippen LogP contribution is 2.17. The summed E-state index contributed by atoms with van der Waals surface area (Å²) in [6, 6.07) is 7.81. The first-order chi connectivity index (χ1) is 7.22. The Morgan fingerprint density at radius 2 is 2.13 bits per heavy atom. The van der Waals surface area contributed by atoms with Crippen molar-refractivity contribution < 1.29 is 9.47 Å². The standard InChI is InChI=1S/C12H17BrO2/c1-3-10(2)14-7-8-15-12-6-4-5-11(13)9-12/h4-6,9-10H,3,7-8H2,1-2H3. The fourth-order valence-electron chi connectivity index (χ4n) is 1.08. The van der Waals surface area contributed by atoms with Crippen molar-refractivity contribution >= 4 is 15.9 Å². The summed E-state index contributed by atoms with van der Waals surface area (Å²) in [6.07, 6.45) is 1.35. The van der Waals surface area contributed by atoms with Crippen LogP contribution in [0.5, 0.6) is 5.75 Å². The maximum absolute atomic E-state index is 5.53. The average molecular weight is 273 g/mol. The van der Waals surface area contributed by atoms with Gasteiger partial charge in [-0.3, -0.25) is 0 Å². The lowest BCUT2D eigenvalue weighted by molar-refractivity contribution is 0.0426. The minimum atomic E-state index is 0.316. The first kappa shape index (κ1) is 12.5. The minimum absolute atomic E-state index is 0.316. The van der Waals surface area contributed by atoms with Crippen LogP contribution in [0.3, 0.4) is 0 Å². The van der Waals surface area contributed by atoms with E-state index in [2.05, 4.69) is 29.8 Å². The molecule has 2 nitrogen and oxygen atoms in total. The molecule has 1 unspecified atom stereocenters. The molecule has 1 aromatic rings. The third kappa shape index (κ3) is 5.19. The Morgan fingerprint density at radius 1 is 1.33 bits per heavy atom. The third-order valence-electron chi connectivity index (χ3n) is 2.13. The quantitative estimate of drug-likeness (QED) is 0.737. The van der Waals surface area contributed by atoms with Crippen molar-refractivity contribution in [1.29, 1.82) is 0 Å². The lowest BCUT2D eigenvalue weighted by atomic mass is 10.3. The summed E-state index contributed by atoms with van der Waals surface area (Å²) >= 11 is 3.39. The highest BCUT2D eigenvalue weighted by atomic mass is 79.9. The second-order valence-corrected chi connectivity index (χ2v) is 4.31. The summed E-state index contributed by atoms with van der Waals surface area (Å²) in [5.74, 6) is 0.872. The van der Waals surface area contributed by atoms with Gasteiger partial charge in [0.1, 0.15) is 12.4 Å². The second-order valence-electron chi connectivity index (χ2n) is 3.40. The molecule has 0 bridgehead atoms. The molecule has 1 atom stereocenters. The normalized spacial score (nSPS) is 12.5. The Balaban J connectivity index is 2.20. The number of hydrogen-bond acceptors (Lipinski definition) is 2. The Bertz CT molecular complexity index is 289. The van der Waals surface area contributed by atoms with Gasteiger partial charge in [-0.05, 0) is 31.5 Å². The molecule has 0 fully saturated rings. The molecule has 0 aliphatic rings. The summed E-state index contributed by atoms with van der Waals surface area (Å²) < 4.78 is 12.1. The van der Waals surface area contributed by atoms with Crippen molar-refractivity contribution in [2.24, 2.45) is 0 Å². The molecular weight excluding hydrogens is 256 g/mol. The molecule has 0 spiro atoms. The maximum Gasteiger partial charge on any atom is 0.120 e. The molecule has 0 heterocycles. The number of benzene rings is 1.